The van der Waals surface area contributed by atoms with E-state index in [0.717, 1.165) is 27.7 Å². The van der Waals surface area contributed by atoms with Crippen LogP contribution < -0.4 is 0 Å². The quantitative estimate of drug-likeness (QED) is 0.475. The van der Waals surface area contributed by atoms with Crippen LogP contribution in [-0.2, 0) is 5.75 Å². The molecule has 128 valence electrons. The van der Waals surface area contributed by atoms with Gasteiger partial charge >= 0.3 is 0 Å². The first kappa shape index (κ1) is 16.5. The summed E-state index contributed by atoms with van der Waals surface area (Å²) >= 11 is 1.70. The zero-order chi connectivity index (χ0) is 17.8. The monoisotopic (exact) mass is 358 g/mol. The van der Waals surface area contributed by atoms with E-state index in [-0.39, 0.29) is 0 Å². The maximum atomic E-state index is 4.38. The molecule has 0 bridgehead atoms. The highest BCUT2D eigenvalue weighted by Gasteiger charge is 2.04. The molecule has 2 aromatic heterocycles. The van der Waals surface area contributed by atoms with E-state index < -0.39 is 0 Å². The van der Waals surface area contributed by atoms with Gasteiger partial charge in [-0.05, 0) is 42.8 Å². The van der Waals surface area contributed by atoms with Crippen molar-refractivity contribution >= 4 is 11.8 Å². The summed E-state index contributed by atoms with van der Waals surface area (Å²) in [4.78, 5) is 0. The summed E-state index contributed by atoms with van der Waals surface area (Å²) in [5.41, 5.74) is 5.52. The summed E-state index contributed by atoms with van der Waals surface area (Å²) in [6.07, 6.45) is 3.70. The standard InChI is InChI=1S/C21H18N4S/c1-16-4-2-5-17(14-16)15-26-21-11-10-20(23-24-21)18-6-8-19(9-7-18)25-13-3-12-22-25/h2-14H,15H2,1H3. The minimum absolute atomic E-state index is 0.872. The number of nitrogens with zero attached hydrogens (tertiary/aromatic N) is 4. The van der Waals surface area contributed by atoms with E-state index in [1.54, 1.807) is 18.0 Å². The van der Waals surface area contributed by atoms with Gasteiger partial charge in [-0.3, -0.25) is 0 Å². The van der Waals surface area contributed by atoms with Crippen molar-refractivity contribution in [2.75, 3.05) is 0 Å². The van der Waals surface area contributed by atoms with Crippen LogP contribution in [0.15, 0.2) is 84.1 Å². The normalized spacial score (nSPS) is 10.8. The van der Waals surface area contributed by atoms with Gasteiger partial charge in [-0.15, -0.1) is 10.2 Å². The molecule has 5 heteroatoms. The van der Waals surface area contributed by atoms with Crippen LogP contribution in [0, 0.1) is 6.92 Å². The second-order valence-corrected chi connectivity index (χ2v) is 7.03. The fourth-order valence-corrected chi connectivity index (χ4v) is 3.47. The molecule has 4 nitrogen and oxygen atoms in total. The molecule has 0 radical (unpaired) electrons. The van der Waals surface area contributed by atoms with Crippen LogP contribution in [-0.4, -0.2) is 20.0 Å². The Morgan fingerprint density at radius 1 is 0.923 bits per heavy atom. The summed E-state index contributed by atoms with van der Waals surface area (Å²) in [6, 6.07) is 22.7. The molecule has 2 aromatic carbocycles. The van der Waals surface area contributed by atoms with Gasteiger partial charge < -0.3 is 0 Å². The lowest BCUT2D eigenvalue weighted by Gasteiger charge is -2.05. The number of aryl methyl sites for hydroxylation is 1. The minimum atomic E-state index is 0.872. The molecule has 0 amide bonds. The molecular weight excluding hydrogens is 340 g/mol. The van der Waals surface area contributed by atoms with Crippen molar-refractivity contribution in [1.29, 1.82) is 0 Å². The van der Waals surface area contributed by atoms with Crippen LogP contribution in [0.1, 0.15) is 11.1 Å². The summed E-state index contributed by atoms with van der Waals surface area (Å²) in [7, 11) is 0. The molecule has 0 saturated heterocycles. The first-order valence-corrected chi connectivity index (χ1v) is 9.39. The van der Waals surface area contributed by atoms with Gasteiger partial charge in [-0.2, -0.15) is 5.10 Å². The van der Waals surface area contributed by atoms with Crippen LogP contribution in [0.2, 0.25) is 0 Å². The Morgan fingerprint density at radius 2 is 1.81 bits per heavy atom. The number of aromatic nitrogens is 4. The van der Waals surface area contributed by atoms with Crippen LogP contribution in [0.5, 0.6) is 0 Å². The third-order valence-electron chi connectivity index (χ3n) is 4.04. The van der Waals surface area contributed by atoms with Crippen LogP contribution >= 0.6 is 11.8 Å². The van der Waals surface area contributed by atoms with E-state index in [1.807, 2.05) is 53.3 Å². The summed E-state index contributed by atoms with van der Waals surface area (Å²) < 4.78 is 1.83. The number of benzene rings is 2. The van der Waals surface area contributed by atoms with E-state index in [1.165, 1.54) is 11.1 Å². The van der Waals surface area contributed by atoms with Crippen molar-refractivity contribution in [3.63, 3.8) is 0 Å². The van der Waals surface area contributed by atoms with Crippen molar-refractivity contribution in [2.45, 2.75) is 17.7 Å². The third-order valence-corrected chi connectivity index (χ3v) is 5.03. The SMILES string of the molecule is Cc1cccc(CSc2ccc(-c3ccc(-n4cccn4)cc3)nn2)c1. The van der Waals surface area contributed by atoms with E-state index in [0.29, 0.717) is 0 Å². The van der Waals surface area contributed by atoms with E-state index >= 15 is 0 Å². The number of rotatable bonds is 5. The Labute approximate surface area is 156 Å². The fraction of sp³-hybridized carbons (Fsp3) is 0.0952. The molecule has 4 aromatic rings. The van der Waals surface area contributed by atoms with Gasteiger partial charge in [0.25, 0.3) is 0 Å². The Morgan fingerprint density at radius 3 is 2.50 bits per heavy atom. The van der Waals surface area contributed by atoms with E-state index in [9.17, 15) is 0 Å². The number of hydrogen-bond donors (Lipinski definition) is 0. The largest absolute Gasteiger partial charge is 0.241 e. The lowest BCUT2D eigenvalue weighted by atomic mass is 10.1. The summed E-state index contributed by atoms with van der Waals surface area (Å²) in [6.45, 7) is 2.11. The summed E-state index contributed by atoms with van der Waals surface area (Å²) in [5, 5.41) is 13.9. The molecule has 0 unspecified atom stereocenters. The maximum absolute atomic E-state index is 4.38. The van der Waals surface area contributed by atoms with Gasteiger partial charge in [0, 0.05) is 23.7 Å². The molecule has 4 rings (SSSR count). The van der Waals surface area contributed by atoms with Crippen LogP contribution in [0.4, 0.5) is 0 Å². The Bertz CT molecular complexity index is 977. The molecule has 0 atom stereocenters. The van der Waals surface area contributed by atoms with Crippen molar-refractivity contribution in [2.24, 2.45) is 0 Å². The minimum Gasteiger partial charge on any atom is -0.241 e. The predicted molar refractivity (Wildman–Crippen MR) is 105 cm³/mol. The van der Waals surface area contributed by atoms with E-state index in [2.05, 4.69) is 46.5 Å². The smallest absolute Gasteiger partial charge is 0.119 e. The molecule has 2 heterocycles. The highest BCUT2D eigenvalue weighted by Crippen LogP contribution is 2.23. The van der Waals surface area contributed by atoms with Gasteiger partial charge in [0.1, 0.15) is 5.03 Å². The topological polar surface area (TPSA) is 43.6 Å². The Kier molecular flexibility index (Phi) is 4.80. The highest BCUT2D eigenvalue weighted by molar-refractivity contribution is 7.98. The Balaban J connectivity index is 1.44. The zero-order valence-electron chi connectivity index (χ0n) is 14.4. The lowest BCUT2D eigenvalue weighted by Crippen LogP contribution is -1.94. The molecule has 0 spiro atoms. The average Bonchev–Trinajstić information content (AvgIpc) is 3.22. The first-order valence-electron chi connectivity index (χ1n) is 8.40. The average molecular weight is 358 g/mol. The third kappa shape index (κ3) is 3.83. The van der Waals surface area contributed by atoms with Crippen molar-refractivity contribution in [3.05, 3.63) is 90.3 Å². The molecule has 0 saturated carbocycles. The van der Waals surface area contributed by atoms with Gasteiger partial charge in [-0.25, -0.2) is 4.68 Å². The Hall–Kier alpha value is -2.92. The van der Waals surface area contributed by atoms with Gasteiger partial charge in [0.2, 0.25) is 0 Å². The molecule has 0 N–H and O–H groups in total. The molecule has 0 aliphatic carbocycles. The highest BCUT2D eigenvalue weighted by atomic mass is 32.2. The summed E-state index contributed by atoms with van der Waals surface area (Å²) in [5.74, 6) is 0.897. The van der Waals surface area contributed by atoms with Gasteiger partial charge in [0.05, 0.1) is 11.4 Å². The molecule has 0 fully saturated rings. The van der Waals surface area contributed by atoms with Crippen LogP contribution in [0.25, 0.3) is 16.9 Å². The predicted octanol–water partition coefficient (Wildman–Crippen LogP) is 4.93. The van der Waals surface area contributed by atoms with Gasteiger partial charge in [0.15, 0.2) is 0 Å². The molecule has 0 aliphatic heterocycles. The van der Waals surface area contributed by atoms with Crippen molar-refractivity contribution < 1.29 is 0 Å². The molecule has 0 aliphatic rings. The molecular formula is C21H18N4S. The molecule has 26 heavy (non-hydrogen) atoms. The lowest BCUT2D eigenvalue weighted by molar-refractivity contribution is 0.880. The zero-order valence-corrected chi connectivity index (χ0v) is 15.2. The van der Waals surface area contributed by atoms with Crippen molar-refractivity contribution in [3.8, 4) is 16.9 Å². The number of hydrogen-bond acceptors (Lipinski definition) is 4. The van der Waals surface area contributed by atoms with Gasteiger partial charge in [-0.1, -0.05) is 53.7 Å². The first-order chi connectivity index (χ1) is 12.8. The van der Waals surface area contributed by atoms with Crippen molar-refractivity contribution in [1.82, 2.24) is 20.0 Å². The fourth-order valence-electron chi connectivity index (χ4n) is 2.72. The maximum Gasteiger partial charge on any atom is 0.119 e. The second-order valence-electron chi connectivity index (χ2n) is 6.03. The number of thioether (sulfide) groups is 1. The second kappa shape index (κ2) is 7.54. The van der Waals surface area contributed by atoms with Crippen LogP contribution in [0.3, 0.4) is 0 Å². The van der Waals surface area contributed by atoms with E-state index in [4.69, 9.17) is 0 Å².